The highest BCUT2D eigenvalue weighted by atomic mass is 16.1. The maximum atomic E-state index is 12.1. The first-order chi connectivity index (χ1) is 9.89. The minimum absolute atomic E-state index is 0.0362. The Morgan fingerprint density at radius 2 is 1.57 bits per heavy atom. The Kier molecular flexibility index (Phi) is 4.88. The van der Waals surface area contributed by atoms with Gasteiger partial charge in [-0.15, -0.1) is 0 Å². The fraction of sp³-hybridized carbons (Fsp3) is 0.632. The Bertz CT molecular complexity index is 456. The number of nitrogens with zero attached hydrogens (tertiary/aromatic N) is 1. The first kappa shape index (κ1) is 16.2. The summed E-state index contributed by atoms with van der Waals surface area (Å²) in [6, 6.07) is 10.5. The first-order valence-corrected chi connectivity index (χ1v) is 8.16. The van der Waals surface area contributed by atoms with Gasteiger partial charge in [0.25, 0.3) is 0 Å². The molecule has 2 unspecified atom stereocenters. The molecule has 1 aliphatic rings. The van der Waals surface area contributed by atoms with Crippen LogP contribution in [0.25, 0.3) is 0 Å². The van der Waals surface area contributed by atoms with Crippen LogP contribution in [0.4, 0.5) is 0 Å². The van der Waals surface area contributed by atoms with Gasteiger partial charge in [0, 0.05) is 5.92 Å². The van der Waals surface area contributed by atoms with Gasteiger partial charge in [-0.05, 0) is 43.8 Å². The molecule has 0 N–H and O–H groups in total. The minimum atomic E-state index is -0.431. The summed E-state index contributed by atoms with van der Waals surface area (Å²) in [6.07, 6.45) is 4.89. The second-order valence-corrected chi connectivity index (χ2v) is 7.60. The zero-order chi connectivity index (χ0) is 15.5. The van der Waals surface area contributed by atoms with Crippen LogP contribution in [0.2, 0.25) is 0 Å². The molecule has 116 valence electrons. The lowest BCUT2D eigenvalue weighted by molar-refractivity contribution is -0.122. The number of piperidine rings is 1. The standard InChI is InChI=1S/C19H29NO/c1-18(2,3)17(16-11-7-5-8-12-16)19(4,15-21)20-13-9-6-10-14-20/h5,7-8,11-12,15,17H,6,9-10,13-14H2,1-4H3. The Morgan fingerprint density at radius 3 is 2.05 bits per heavy atom. The van der Waals surface area contributed by atoms with Crippen molar-refractivity contribution in [1.29, 1.82) is 0 Å². The highest BCUT2D eigenvalue weighted by molar-refractivity contribution is 5.66. The van der Waals surface area contributed by atoms with E-state index in [4.69, 9.17) is 0 Å². The molecule has 0 aliphatic carbocycles. The van der Waals surface area contributed by atoms with Gasteiger partial charge in [-0.25, -0.2) is 0 Å². The van der Waals surface area contributed by atoms with Crippen LogP contribution in [0.1, 0.15) is 58.4 Å². The predicted octanol–water partition coefficient (Wildman–Crippen LogP) is 4.26. The molecule has 0 spiro atoms. The van der Waals surface area contributed by atoms with Crippen molar-refractivity contribution in [3.63, 3.8) is 0 Å². The summed E-state index contributed by atoms with van der Waals surface area (Å²) in [6.45, 7) is 10.9. The lowest BCUT2D eigenvalue weighted by Crippen LogP contribution is -2.56. The molecule has 0 bridgehead atoms. The summed E-state index contributed by atoms with van der Waals surface area (Å²) in [4.78, 5) is 14.6. The lowest BCUT2D eigenvalue weighted by atomic mass is 9.65. The molecule has 1 heterocycles. The van der Waals surface area contributed by atoms with E-state index >= 15 is 0 Å². The Morgan fingerprint density at radius 1 is 1.00 bits per heavy atom. The number of likely N-dealkylation sites (tertiary alicyclic amines) is 1. The largest absolute Gasteiger partial charge is 0.301 e. The molecular formula is C19H29NO. The van der Waals surface area contributed by atoms with Crippen molar-refractivity contribution in [2.75, 3.05) is 13.1 Å². The van der Waals surface area contributed by atoms with Gasteiger partial charge in [-0.1, -0.05) is 57.5 Å². The van der Waals surface area contributed by atoms with E-state index in [2.05, 4.69) is 56.9 Å². The van der Waals surface area contributed by atoms with E-state index in [1.807, 2.05) is 6.07 Å². The summed E-state index contributed by atoms with van der Waals surface area (Å²) < 4.78 is 0. The molecule has 0 radical (unpaired) electrons. The van der Waals surface area contributed by atoms with Gasteiger partial charge in [0.05, 0.1) is 5.54 Å². The molecule has 2 nitrogen and oxygen atoms in total. The molecule has 0 aromatic heterocycles. The average molecular weight is 287 g/mol. The second kappa shape index (κ2) is 6.31. The second-order valence-electron chi connectivity index (χ2n) is 7.60. The maximum absolute atomic E-state index is 12.1. The summed E-state index contributed by atoms with van der Waals surface area (Å²) in [7, 11) is 0. The van der Waals surface area contributed by atoms with Gasteiger partial charge in [0.2, 0.25) is 0 Å². The topological polar surface area (TPSA) is 20.3 Å². The van der Waals surface area contributed by atoms with Crippen LogP contribution in [-0.4, -0.2) is 29.8 Å². The van der Waals surface area contributed by atoms with E-state index in [9.17, 15) is 4.79 Å². The van der Waals surface area contributed by atoms with Crippen LogP contribution >= 0.6 is 0 Å². The van der Waals surface area contributed by atoms with Crippen LogP contribution in [0, 0.1) is 5.41 Å². The van der Waals surface area contributed by atoms with Crippen molar-refractivity contribution in [2.45, 2.75) is 58.4 Å². The summed E-state index contributed by atoms with van der Waals surface area (Å²) in [5.41, 5.74) is 0.874. The molecular weight excluding hydrogens is 258 g/mol. The first-order valence-electron chi connectivity index (χ1n) is 8.16. The monoisotopic (exact) mass is 287 g/mol. The predicted molar refractivity (Wildman–Crippen MR) is 88.5 cm³/mol. The van der Waals surface area contributed by atoms with E-state index in [0.717, 1.165) is 13.1 Å². The van der Waals surface area contributed by atoms with Crippen LogP contribution in [-0.2, 0) is 4.79 Å². The SMILES string of the molecule is CC(C)(C)C(c1ccccc1)C(C)(C=O)N1CCCCC1. The van der Waals surface area contributed by atoms with Gasteiger partial charge in [0.15, 0.2) is 0 Å². The Hall–Kier alpha value is -1.15. The number of aldehydes is 1. The molecule has 21 heavy (non-hydrogen) atoms. The lowest BCUT2D eigenvalue weighted by Gasteiger charge is -2.49. The number of hydrogen-bond donors (Lipinski definition) is 0. The average Bonchev–Trinajstić information content (AvgIpc) is 2.48. The number of carbonyl (C=O) groups is 1. The van der Waals surface area contributed by atoms with Gasteiger partial charge in [-0.2, -0.15) is 0 Å². The fourth-order valence-corrected chi connectivity index (χ4v) is 4.06. The number of hydrogen-bond acceptors (Lipinski definition) is 2. The minimum Gasteiger partial charge on any atom is -0.301 e. The van der Waals surface area contributed by atoms with Gasteiger partial charge in [-0.3, -0.25) is 4.90 Å². The molecule has 0 saturated carbocycles. The van der Waals surface area contributed by atoms with Gasteiger partial charge < -0.3 is 4.79 Å². The smallest absolute Gasteiger partial charge is 0.140 e. The summed E-state index contributed by atoms with van der Waals surface area (Å²) >= 11 is 0. The number of carbonyl (C=O) groups excluding carboxylic acids is 1. The molecule has 2 heteroatoms. The Balaban J connectivity index is 2.44. The maximum Gasteiger partial charge on any atom is 0.140 e. The quantitative estimate of drug-likeness (QED) is 0.771. The zero-order valence-corrected chi connectivity index (χ0v) is 13.9. The van der Waals surface area contributed by atoms with E-state index < -0.39 is 5.54 Å². The van der Waals surface area contributed by atoms with Crippen LogP contribution in [0.15, 0.2) is 30.3 Å². The highest BCUT2D eigenvalue weighted by Crippen LogP contribution is 2.45. The van der Waals surface area contributed by atoms with Crippen molar-refractivity contribution in [1.82, 2.24) is 4.90 Å². The fourth-order valence-electron chi connectivity index (χ4n) is 4.06. The van der Waals surface area contributed by atoms with E-state index in [-0.39, 0.29) is 11.3 Å². The summed E-state index contributed by atoms with van der Waals surface area (Å²) in [5, 5.41) is 0. The molecule has 1 aromatic carbocycles. The summed E-state index contributed by atoms with van der Waals surface area (Å²) in [5.74, 6) is 0.196. The van der Waals surface area contributed by atoms with E-state index in [0.29, 0.717) is 0 Å². The highest BCUT2D eigenvalue weighted by Gasteiger charge is 2.46. The molecule has 1 aromatic rings. The van der Waals surface area contributed by atoms with Gasteiger partial charge in [0.1, 0.15) is 6.29 Å². The molecule has 2 rings (SSSR count). The van der Waals surface area contributed by atoms with E-state index in [1.54, 1.807) is 0 Å². The number of benzene rings is 1. The molecule has 1 aliphatic heterocycles. The van der Waals surface area contributed by atoms with Crippen LogP contribution < -0.4 is 0 Å². The van der Waals surface area contributed by atoms with Crippen molar-refractivity contribution < 1.29 is 4.79 Å². The van der Waals surface area contributed by atoms with E-state index in [1.165, 1.54) is 31.1 Å². The van der Waals surface area contributed by atoms with Crippen molar-refractivity contribution in [3.8, 4) is 0 Å². The van der Waals surface area contributed by atoms with Gasteiger partial charge >= 0.3 is 0 Å². The molecule has 1 fully saturated rings. The van der Waals surface area contributed by atoms with Crippen molar-refractivity contribution in [2.24, 2.45) is 5.41 Å². The third-order valence-corrected chi connectivity index (χ3v) is 4.86. The molecule has 0 amide bonds. The molecule has 1 saturated heterocycles. The zero-order valence-electron chi connectivity index (χ0n) is 13.9. The van der Waals surface area contributed by atoms with Crippen LogP contribution in [0.5, 0.6) is 0 Å². The molecule has 2 atom stereocenters. The third-order valence-electron chi connectivity index (χ3n) is 4.86. The van der Waals surface area contributed by atoms with Crippen molar-refractivity contribution in [3.05, 3.63) is 35.9 Å². The van der Waals surface area contributed by atoms with Crippen LogP contribution in [0.3, 0.4) is 0 Å². The number of rotatable bonds is 4. The third kappa shape index (κ3) is 3.37. The normalized spacial score (nSPS) is 21.5. The van der Waals surface area contributed by atoms with Crippen molar-refractivity contribution >= 4 is 6.29 Å². The Labute approximate surface area is 129 Å².